The van der Waals surface area contributed by atoms with Gasteiger partial charge in [0.15, 0.2) is 15.7 Å². The summed E-state index contributed by atoms with van der Waals surface area (Å²) in [5.74, 6) is -0.186. The minimum absolute atomic E-state index is 0.0182. The average molecular weight is 300 g/mol. The predicted molar refractivity (Wildman–Crippen MR) is 68.0 cm³/mol. The van der Waals surface area contributed by atoms with Gasteiger partial charge in [0.05, 0.1) is 17.4 Å². The van der Waals surface area contributed by atoms with Crippen molar-refractivity contribution in [3.63, 3.8) is 0 Å². The molecular formula is C12H16N2O5S. The lowest BCUT2D eigenvalue weighted by Gasteiger charge is -2.03. The second-order valence-electron chi connectivity index (χ2n) is 5.64. The first kappa shape index (κ1) is 13.5. The Labute approximate surface area is 116 Å². The van der Waals surface area contributed by atoms with Crippen LogP contribution >= 0.6 is 0 Å². The van der Waals surface area contributed by atoms with Crippen LogP contribution in [-0.2, 0) is 14.6 Å². The first-order valence-electron chi connectivity index (χ1n) is 6.71. The van der Waals surface area contributed by atoms with Crippen molar-refractivity contribution in [2.75, 3.05) is 11.5 Å². The first-order chi connectivity index (χ1) is 9.44. The molecule has 0 aromatic carbocycles. The van der Waals surface area contributed by atoms with Crippen LogP contribution in [0.3, 0.4) is 0 Å². The number of carbonyl (C=O) groups is 1. The van der Waals surface area contributed by atoms with E-state index < -0.39 is 15.8 Å². The summed E-state index contributed by atoms with van der Waals surface area (Å²) in [6.45, 7) is 0. The molecule has 20 heavy (non-hydrogen) atoms. The van der Waals surface area contributed by atoms with E-state index in [2.05, 4.69) is 10.1 Å². The van der Waals surface area contributed by atoms with E-state index in [1.54, 1.807) is 0 Å². The number of hydrogen-bond donors (Lipinski definition) is 1. The van der Waals surface area contributed by atoms with Crippen LogP contribution in [0.15, 0.2) is 4.52 Å². The van der Waals surface area contributed by atoms with Crippen LogP contribution in [0.25, 0.3) is 0 Å². The summed E-state index contributed by atoms with van der Waals surface area (Å²) in [5, 5.41) is 12.9. The Morgan fingerprint density at radius 1 is 1.25 bits per heavy atom. The van der Waals surface area contributed by atoms with Crippen LogP contribution in [-0.4, -0.2) is 41.1 Å². The minimum atomic E-state index is -2.97. The Morgan fingerprint density at radius 2 is 2.05 bits per heavy atom. The normalized spacial score (nSPS) is 32.5. The molecule has 0 spiro atoms. The minimum Gasteiger partial charge on any atom is -0.481 e. The van der Waals surface area contributed by atoms with Gasteiger partial charge in [-0.2, -0.15) is 4.98 Å². The monoisotopic (exact) mass is 300 g/mol. The Kier molecular flexibility index (Phi) is 3.27. The molecule has 1 aliphatic heterocycles. The molecular weight excluding hydrogens is 284 g/mol. The lowest BCUT2D eigenvalue weighted by Crippen LogP contribution is -2.09. The van der Waals surface area contributed by atoms with Gasteiger partial charge in [-0.3, -0.25) is 4.79 Å². The van der Waals surface area contributed by atoms with E-state index in [0.29, 0.717) is 31.0 Å². The molecule has 3 rings (SSSR count). The van der Waals surface area contributed by atoms with Gasteiger partial charge in [-0.05, 0) is 25.7 Å². The maximum atomic E-state index is 11.4. The zero-order chi connectivity index (χ0) is 14.3. The number of aliphatic carboxylic acids is 1. The van der Waals surface area contributed by atoms with Gasteiger partial charge in [0.1, 0.15) is 0 Å². The fourth-order valence-electron chi connectivity index (χ4n) is 3.01. The summed E-state index contributed by atoms with van der Waals surface area (Å²) in [5.41, 5.74) is 0. The summed E-state index contributed by atoms with van der Waals surface area (Å²) in [6.07, 6.45) is 2.39. The summed E-state index contributed by atoms with van der Waals surface area (Å²) in [7, 11) is -2.97. The number of sulfone groups is 1. The van der Waals surface area contributed by atoms with E-state index in [0.717, 1.165) is 6.42 Å². The lowest BCUT2D eigenvalue weighted by molar-refractivity contribution is -0.141. The molecule has 3 atom stereocenters. The van der Waals surface area contributed by atoms with Crippen molar-refractivity contribution < 1.29 is 22.8 Å². The molecule has 0 amide bonds. The van der Waals surface area contributed by atoms with Gasteiger partial charge >= 0.3 is 5.97 Å². The summed E-state index contributed by atoms with van der Waals surface area (Å²) >= 11 is 0. The van der Waals surface area contributed by atoms with Crippen molar-refractivity contribution in [1.82, 2.24) is 10.1 Å². The molecule has 1 N–H and O–H groups in total. The molecule has 3 unspecified atom stereocenters. The standard InChI is InChI=1S/C12H16N2O5S/c15-12(16)8-2-1-7(5-8)11-13-10(14-19-11)9-3-4-20(17,18)6-9/h7-9H,1-6H2,(H,15,16). The zero-order valence-electron chi connectivity index (χ0n) is 10.9. The van der Waals surface area contributed by atoms with E-state index in [9.17, 15) is 13.2 Å². The second kappa shape index (κ2) is 4.83. The molecule has 1 aromatic rings. The van der Waals surface area contributed by atoms with Crippen molar-refractivity contribution in [3.8, 4) is 0 Å². The highest BCUT2D eigenvalue weighted by Crippen LogP contribution is 2.38. The van der Waals surface area contributed by atoms with Gasteiger partial charge in [0, 0.05) is 11.8 Å². The van der Waals surface area contributed by atoms with Crippen molar-refractivity contribution in [2.45, 2.75) is 37.5 Å². The highest BCUT2D eigenvalue weighted by Gasteiger charge is 2.36. The smallest absolute Gasteiger partial charge is 0.306 e. The molecule has 1 saturated carbocycles. The molecule has 8 heteroatoms. The molecule has 2 fully saturated rings. The summed E-state index contributed by atoms with van der Waals surface area (Å²) in [4.78, 5) is 15.2. The van der Waals surface area contributed by atoms with Crippen LogP contribution in [0.5, 0.6) is 0 Å². The van der Waals surface area contributed by atoms with Gasteiger partial charge in [0.25, 0.3) is 0 Å². The van der Waals surface area contributed by atoms with E-state index in [-0.39, 0.29) is 29.3 Å². The van der Waals surface area contributed by atoms with Crippen molar-refractivity contribution in [3.05, 3.63) is 11.7 Å². The molecule has 0 bridgehead atoms. The van der Waals surface area contributed by atoms with Crippen LogP contribution in [0, 0.1) is 5.92 Å². The third-order valence-electron chi connectivity index (χ3n) is 4.19. The first-order valence-corrected chi connectivity index (χ1v) is 8.53. The SMILES string of the molecule is O=C(O)C1CCC(c2nc(C3CCS(=O)(=O)C3)no2)C1. The Morgan fingerprint density at radius 3 is 2.65 bits per heavy atom. The molecule has 2 aliphatic rings. The highest BCUT2D eigenvalue weighted by molar-refractivity contribution is 7.91. The van der Waals surface area contributed by atoms with Gasteiger partial charge in [-0.1, -0.05) is 5.16 Å². The van der Waals surface area contributed by atoms with E-state index in [4.69, 9.17) is 9.63 Å². The van der Waals surface area contributed by atoms with Crippen molar-refractivity contribution >= 4 is 15.8 Å². The molecule has 0 radical (unpaired) electrons. The highest BCUT2D eigenvalue weighted by atomic mass is 32.2. The van der Waals surface area contributed by atoms with Gasteiger partial charge < -0.3 is 9.63 Å². The maximum Gasteiger partial charge on any atom is 0.306 e. The third-order valence-corrected chi connectivity index (χ3v) is 5.95. The summed E-state index contributed by atoms with van der Waals surface area (Å²) < 4.78 is 28.1. The second-order valence-corrected chi connectivity index (χ2v) is 7.86. The van der Waals surface area contributed by atoms with Crippen molar-refractivity contribution in [2.24, 2.45) is 5.92 Å². The predicted octanol–water partition coefficient (Wildman–Crippen LogP) is 0.940. The fraction of sp³-hybridized carbons (Fsp3) is 0.750. The van der Waals surface area contributed by atoms with Gasteiger partial charge in [-0.25, -0.2) is 8.42 Å². The maximum absolute atomic E-state index is 11.4. The van der Waals surface area contributed by atoms with Gasteiger partial charge in [0.2, 0.25) is 5.89 Å². The van der Waals surface area contributed by atoms with Crippen LogP contribution in [0.4, 0.5) is 0 Å². The molecule has 7 nitrogen and oxygen atoms in total. The molecule has 110 valence electrons. The fourth-order valence-corrected chi connectivity index (χ4v) is 4.75. The van der Waals surface area contributed by atoms with E-state index in [1.165, 1.54) is 0 Å². The lowest BCUT2D eigenvalue weighted by atomic mass is 10.1. The van der Waals surface area contributed by atoms with Crippen molar-refractivity contribution in [1.29, 1.82) is 0 Å². The molecule has 2 heterocycles. The molecule has 1 saturated heterocycles. The number of carboxylic acids is 1. The topological polar surface area (TPSA) is 110 Å². The molecule has 1 aromatic heterocycles. The number of nitrogens with zero attached hydrogens (tertiary/aromatic N) is 2. The Bertz CT molecular complexity index is 624. The molecule has 1 aliphatic carbocycles. The number of carboxylic acid groups (broad SMARTS) is 1. The third kappa shape index (κ3) is 2.56. The Hall–Kier alpha value is -1.44. The number of aromatic nitrogens is 2. The van der Waals surface area contributed by atoms with Gasteiger partial charge in [-0.15, -0.1) is 0 Å². The summed E-state index contributed by atoms with van der Waals surface area (Å²) in [6, 6.07) is 0. The van der Waals surface area contributed by atoms with E-state index >= 15 is 0 Å². The van der Waals surface area contributed by atoms with E-state index in [1.807, 2.05) is 0 Å². The van der Waals surface area contributed by atoms with Crippen LogP contribution in [0.1, 0.15) is 49.2 Å². The number of hydrogen-bond acceptors (Lipinski definition) is 6. The Balaban J connectivity index is 1.70. The van der Waals surface area contributed by atoms with Crippen LogP contribution in [0.2, 0.25) is 0 Å². The zero-order valence-corrected chi connectivity index (χ0v) is 11.7. The quantitative estimate of drug-likeness (QED) is 0.884. The average Bonchev–Trinajstić information content (AvgIpc) is 3.04. The number of rotatable bonds is 3. The largest absolute Gasteiger partial charge is 0.481 e. The van der Waals surface area contributed by atoms with Crippen LogP contribution < -0.4 is 0 Å².